The lowest BCUT2D eigenvalue weighted by Crippen LogP contribution is -2.53. The van der Waals surface area contributed by atoms with Crippen LogP contribution in [0.1, 0.15) is 18.2 Å². The van der Waals surface area contributed by atoms with Crippen LogP contribution in [-0.2, 0) is 6.54 Å². The number of guanidine groups is 1. The monoisotopic (exact) mass is 512 g/mol. The third kappa shape index (κ3) is 6.60. The van der Waals surface area contributed by atoms with Gasteiger partial charge >= 0.3 is 0 Å². The van der Waals surface area contributed by atoms with Crippen molar-refractivity contribution in [1.29, 1.82) is 0 Å². The summed E-state index contributed by atoms with van der Waals surface area (Å²) < 4.78 is 4.92. The zero-order valence-electron chi connectivity index (χ0n) is 17.7. The highest BCUT2D eigenvalue weighted by Gasteiger charge is 2.20. The van der Waals surface area contributed by atoms with E-state index in [0.717, 1.165) is 64.0 Å². The van der Waals surface area contributed by atoms with Crippen molar-refractivity contribution < 1.29 is 4.52 Å². The van der Waals surface area contributed by atoms with Crippen LogP contribution >= 0.6 is 24.0 Å². The maximum atomic E-state index is 4.92. The third-order valence-corrected chi connectivity index (χ3v) is 5.26. The molecule has 0 radical (unpaired) electrons. The molecule has 2 heterocycles. The van der Waals surface area contributed by atoms with Gasteiger partial charge in [-0.2, -0.15) is 0 Å². The van der Waals surface area contributed by atoms with Crippen LogP contribution in [0.5, 0.6) is 0 Å². The zero-order valence-corrected chi connectivity index (χ0v) is 20.0. The summed E-state index contributed by atoms with van der Waals surface area (Å²) in [7, 11) is 1.86. The van der Waals surface area contributed by atoms with Crippen molar-refractivity contribution in [2.24, 2.45) is 4.99 Å². The van der Waals surface area contributed by atoms with Crippen LogP contribution in [0.15, 0.2) is 46.1 Å². The Kier molecular flexibility index (Phi) is 9.72. The summed E-state index contributed by atoms with van der Waals surface area (Å²) in [6.45, 7) is 12.0. The number of aliphatic imine (C=N–C) groups is 1. The molecule has 1 fully saturated rings. The predicted octanol–water partition coefficient (Wildman–Crippen LogP) is 2.82. The molecule has 8 heteroatoms. The van der Waals surface area contributed by atoms with Gasteiger partial charge in [-0.3, -0.25) is 9.89 Å². The molecule has 7 nitrogen and oxygen atoms in total. The number of hydrogen-bond donors (Lipinski definition) is 1. The molecular formula is C21H33IN6O. The van der Waals surface area contributed by atoms with E-state index in [1.165, 1.54) is 11.3 Å². The van der Waals surface area contributed by atoms with Gasteiger partial charge in [-0.25, -0.2) is 0 Å². The van der Waals surface area contributed by atoms with Crippen molar-refractivity contribution >= 4 is 35.6 Å². The number of likely N-dealkylation sites (N-methyl/N-ethyl adjacent to an activating group) is 1. The summed E-state index contributed by atoms with van der Waals surface area (Å²) in [6.07, 6.45) is 1.63. The summed E-state index contributed by atoms with van der Waals surface area (Å²) >= 11 is 0. The van der Waals surface area contributed by atoms with E-state index in [4.69, 9.17) is 4.52 Å². The van der Waals surface area contributed by atoms with E-state index in [0.29, 0.717) is 0 Å². The van der Waals surface area contributed by atoms with Crippen molar-refractivity contribution in [2.45, 2.75) is 20.4 Å². The van der Waals surface area contributed by atoms with E-state index in [1.54, 1.807) is 6.26 Å². The van der Waals surface area contributed by atoms with E-state index < -0.39 is 0 Å². The first-order valence-corrected chi connectivity index (χ1v) is 10.1. The molecular weight excluding hydrogens is 479 g/mol. The van der Waals surface area contributed by atoms with Gasteiger partial charge < -0.3 is 19.6 Å². The molecule has 1 aromatic heterocycles. The average molecular weight is 512 g/mol. The Labute approximate surface area is 191 Å². The van der Waals surface area contributed by atoms with Crippen LogP contribution in [0.4, 0.5) is 5.69 Å². The third-order valence-electron chi connectivity index (χ3n) is 5.26. The first-order chi connectivity index (χ1) is 13.7. The molecule has 0 atom stereocenters. The minimum atomic E-state index is 0. The molecule has 1 aliphatic heterocycles. The topological polar surface area (TPSA) is 60.1 Å². The normalized spacial score (nSPS) is 15.1. The summed E-state index contributed by atoms with van der Waals surface area (Å²) in [6, 6.07) is 10.5. The second-order valence-corrected chi connectivity index (χ2v) is 7.09. The molecule has 0 amide bonds. The second kappa shape index (κ2) is 12.0. The summed E-state index contributed by atoms with van der Waals surface area (Å²) in [5, 5.41) is 7.55. The fourth-order valence-electron chi connectivity index (χ4n) is 3.67. The van der Waals surface area contributed by atoms with Gasteiger partial charge in [-0.1, -0.05) is 23.4 Å². The molecule has 0 saturated carbocycles. The molecule has 29 heavy (non-hydrogen) atoms. The van der Waals surface area contributed by atoms with E-state index in [2.05, 4.69) is 68.3 Å². The highest BCUT2D eigenvalue weighted by Crippen LogP contribution is 2.18. The second-order valence-electron chi connectivity index (χ2n) is 7.09. The Morgan fingerprint density at radius 3 is 2.59 bits per heavy atom. The molecule has 3 rings (SSSR count). The minimum absolute atomic E-state index is 0. The molecule has 0 aliphatic carbocycles. The van der Waals surface area contributed by atoms with Gasteiger partial charge in [0.25, 0.3) is 0 Å². The van der Waals surface area contributed by atoms with E-state index in [-0.39, 0.29) is 24.0 Å². The highest BCUT2D eigenvalue weighted by atomic mass is 127. The smallest absolute Gasteiger partial charge is 0.193 e. The minimum Gasteiger partial charge on any atom is -0.370 e. The van der Waals surface area contributed by atoms with E-state index in [9.17, 15) is 0 Å². The number of nitrogens with one attached hydrogen (secondary N) is 1. The number of hydrogen-bond acceptors (Lipinski definition) is 5. The lowest BCUT2D eigenvalue weighted by Gasteiger charge is -2.36. The lowest BCUT2D eigenvalue weighted by atomic mass is 10.2. The molecule has 1 aliphatic rings. The Morgan fingerprint density at radius 1 is 1.21 bits per heavy atom. The van der Waals surface area contributed by atoms with Crippen molar-refractivity contribution in [3.05, 3.63) is 47.9 Å². The van der Waals surface area contributed by atoms with Crippen molar-refractivity contribution in [2.75, 3.05) is 57.8 Å². The Morgan fingerprint density at radius 2 is 1.97 bits per heavy atom. The van der Waals surface area contributed by atoms with Crippen LogP contribution in [0.3, 0.4) is 0 Å². The maximum absolute atomic E-state index is 4.92. The zero-order chi connectivity index (χ0) is 19.8. The van der Waals surface area contributed by atoms with E-state index in [1.807, 2.05) is 13.1 Å². The lowest BCUT2D eigenvalue weighted by molar-refractivity contribution is 0.169. The van der Waals surface area contributed by atoms with Crippen LogP contribution < -0.4 is 10.2 Å². The van der Waals surface area contributed by atoms with Crippen molar-refractivity contribution in [1.82, 2.24) is 20.3 Å². The van der Waals surface area contributed by atoms with Crippen LogP contribution in [0, 0.1) is 6.92 Å². The molecule has 2 aromatic rings. The number of piperazine rings is 1. The van der Waals surface area contributed by atoms with Crippen molar-refractivity contribution in [3.63, 3.8) is 0 Å². The first kappa shape index (κ1) is 23.5. The Bertz CT molecular complexity index is 743. The fraction of sp³-hybridized carbons (Fsp3) is 0.524. The van der Waals surface area contributed by atoms with Gasteiger partial charge in [0.2, 0.25) is 0 Å². The number of halogens is 1. The summed E-state index contributed by atoms with van der Waals surface area (Å²) in [5.74, 6) is 0.988. The van der Waals surface area contributed by atoms with Crippen LogP contribution in [-0.4, -0.2) is 73.8 Å². The molecule has 0 bridgehead atoms. The number of anilines is 1. The largest absolute Gasteiger partial charge is 0.370 e. The van der Waals surface area contributed by atoms with Crippen LogP contribution in [0.25, 0.3) is 0 Å². The van der Waals surface area contributed by atoms with Gasteiger partial charge in [0.15, 0.2) is 5.96 Å². The standard InChI is InChI=1S/C21H32N6O.HI/c1-4-26(20-8-6-5-7-18(20)2)11-10-23-21(22-3)27-14-12-25(13-15-27)17-19-9-16-28-24-19;/h5-9,16H,4,10-15,17H2,1-3H3,(H,22,23);1H. The average Bonchev–Trinajstić information content (AvgIpc) is 3.23. The van der Waals surface area contributed by atoms with Crippen molar-refractivity contribution in [3.8, 4) is 0 Å². The van der Waals surface area contributed by atoms with E-state index >= 15 is 0 Å². The number of benzene rings is 1. The maximum Gasteiger partial charge on any atom is 0.193 e. The van der Waals surface area contributed by atoms with Gasteiger partial charge in [0, 0.05) is 71.2 Å². The Hall–Kier alpha value is -1.81. The molecule has 0 unspecified atom stereocenters. The SMILES string of the molecule is CCN(CCNC(=NC)N1CCN(Cc2ccon2)CC1)c1ccccc1C.I. The predicted molar refractivity (Wildman–Crippen MR) is 129 cm³/mol. The van der Waals surface area contributed by atoms with Gasteiger partial charge in [0.05, 0.1) is 5.69 Å². The van der Waals surface area contributed by atoms with Gasteiger partial charge in [-0.05, 0) is 25.5 Å². The Balaban J connectivity index is 0.00000300. The van der Waals surface area contributed by atoms with Crippen LogP contribution in [0.2, 0.25) is 0 Å². The molecule has 160 valence electrons. The number of nitrogens with zero attached hydrogens (tertiary/aromatic N) is 5. The summed E-state index contributed by atoms with van der Waals surface area (Å²) in [5.41, 5.74) is 3.62. The van der Waals surface area contributed by atoms with Gasteiger partial charge in [0.1, 0.15) is 6.26 Å². The van der Waals surface area contributed by atoms with Gasteiger partial charge in [-0.15, -0.1) is 24.0 Å². The molecule has 1 saturated heterocycles. The number of rotatable bonds is 7. The molecule has 1 N–H and O–H groups in total. The first-order valence-electron chi connectivity index (χ1n) is 10.1. The quantitative estimate of drug-likeness (QED) is 0.350. The number of aromatic nitrogens is 1. The fourth-order valence-corrected chi connectivity index (χ4v) is 3.67. The molecule has 0 spiro atoms. The summed E-state index contributed by atoms with van der Waals surface area (Å²) in [4.78, 5) is 11.6. The number of para-hydroxylation sites is 1. The highest BCUT2D eigenvalue weighted by molar-refractivity contribution is 14.0. The number of aryl methyl sites for hydroxylation is 1. The molecule has 1 aromatic carbocycles.